The second-order valence-electron chi connectivity index (χ2n) is 8.63. The van der Waals surface area contributed by atoms with Crippen LogP contribution < -0.4 is 10.6 Å². The number of aromatic carboxylic acids is 1. The molecule has 2 aromatic heterocycles. The monoisotopic (exact) mass is 525 g/mol. The number of halogens is 3. The number of rotatable bonds is 6. The van der Waals surface area contributed by atoms with Crippen LogP contribution in [-0.4, -0.2) is 48.7 Å². The van der Waals surface area contributed by atoms with Crippen LogP contribution in [-0.2, 0) is 13.0 Å². The second kappa shape index (κ2) is 9.59. The van der Waals surface area contributed by atoms with Crippen LogP contribution in [0.2, 0.25) is 0 Å². The summed E-state index contributed by atoms with van der Waals surface area (Å²) in [4.78, 5) is 41.2. The van der Waals surface area contributed by atoms with Gasteiger partial charge in [-0.2, -0.15) is 5.10 Å². The van der Waals surface area contributed by atoms with Crippen molar-refractivity contribution in [2.75, 3.05) is 0 Å². The molecule has 38 heavy (non-hydrogen) atoms. The summed E-state index contributed by atoms with van der Waals surface area (Å²) >= 11 is 0. The number of carbonyl (C=O) groups is 3. The minimum Gasteiger partial charge on any atom is -0.478 e. The lowest BCUT2D eigenvalue weighted by atomic mass is 10.0. The molecule has 0 bridgehead atoms. The molecule has 0 saturated carbocycles. The van der Waals surface area contributed by atoms with E-state index in [4.69, 9.17) is 0 Å². The lowest BCUT2D eigenvalue weighted by Crippen LogP contribution is -2.35. The number of nitrogens with zero attached hydrogens (tertiary/aromatic N) is 3. The molecule has 5 rings (SSSR count). The highest BCUT2D eigenvalue weighted by Crippen LogP contribution is 2.32. The van der Waals surface area contributed by atoms with E-state index in [9.17, 15) is 37.8 Å². The van der Waals surface area contributed by atoms with Crippen LogP contribution in [0.1, 0.15) is 54.1 Å². The van der Waals surface area contributed by atoms with Gasteiger partial charge in [-0.1, -0.05) is 12.1 Å². The van der Waals surface area contributed by atoms with Gasteiger partial charge >= 0.3 is 5.97 Å². The molecule has 4 aromatic rings. The topological polar surface area (TPSA) is 146 Å². The maximum absolute atomic E-state index is 14.4. The molecule has 194 valence electrons. The Morgan fingerprint density at radius 1 is 1.00 bits per heavy atom. The van der Waals surface area contributed by atoms with Crippen molar-refractivity contribution in [3.63, 3.8) is 0 Å². The highest BCUT2D eigenvalue weighted by atomic mass is 19.2. The first-order chi connectivity index (χ1) is 18.1. The standard InChI is InChI=1S/C25H18F3N5O5/c26-15-4-1-11(5-16(15)27)9-29-23(35)18-8-19(33-22(31-18)17(28)10-30-33)24(36)32-21-14-3-2-12(25(37)38)6-13(14)7-20(21)34/h1-6,8,10,20-21,34H,7,9H2,(H,29,35)(H,32,36)(H,37,38)/t20-,21-/m1/s1. The van der Waals surface area contributed by atoms with Crippen LogP contribution in [0, 0.1) is 17.5 Å². The number of amides is 2. The van der Waals surface area contributed by atoms with Crippen molar-refractivity contribution < 1.29 is 37.8 Å². The van der Waals surface area contributed by atoms with Crippen LogP contribution in [0.3, 0.4) is 0 Å². The van der Waals surface area contributed by atoms with Gasteiger partial charge in [-0.3, -0.25) is 9.59 Å². The van der Waals surface area contributed by atoms with Crippen molar-refractivity contribution in [2.45, 2.75) is 25.1 Å². The first-order valence-electron chi connectivity index (χ1n) is 11.2. The Morgan fingerprint density at radius 3 is 2.53 bits per heavy atom. The van der Waals surface area contributed by atoms with Gasteiger partial charge in [0, 0.05) is 19.0 Å². The average Bonchev–Trinajstić information content (AvgIpc) is 3.42. The summed E-state index contributed by atoms with van der Waals surface area (Å²) < 4.78 is 41.9. The van der Waals surface area contributed by atoms with E-state index in [0.717, 1.165) is 28.9 Å². The lowest BCUT2D eigenvalue weighted by molar-refractivity contribution is 0.0696. The second-order valence-corrected chi connectivity index (χ2v) is 8.63. The van der Waals surface area contributed by atoms with Crippen molar-refractivity contribution in [2.24, 2.45) is 0 Å². The van der Waals surface area contributed by atoms with Crippen LogP contribution in [0.4, 0.5) is 13.2 Å². The normalized spacial score (nSPS) is 16.3. The fourth-order valence-electron chi connectivity index (χ4n) is 4.30. The number of benzene rings is 2. The minimum atomic E-state index is -1.13. The van der Waals surface area contributed by atoms with Crippen LogP contribution >= 0.6 is 0 Å². The van der Waals surface area contributed by atoms with Crippen molar-refractivity contribution in [3.05, 3.63) is 99.8 Å². The summed E-state index contributed by atoms with van der Waals surface area (Å²) in [6.07, 6.45) is -0.153. The van der Waals surface area contributed by atoms with Crippen LogP contribution in [0.25, 0.3) is 5.65 Å². The number of nitrogens with one attached hydrogen (secondary N) is 2. The van der Waals surface area contributed by atoms with Gasteiger partial charge in [0.05, 0.1) is 23.9 Å². The summed E-state index contributed by atoms with van der Waals surface area (Å²) in [6, 6.07) is 7.51. The molecule has 2 atom stereocenters. The third-order valence-corrected chi connectivity index (χ3v) is 6.16. The maximum Gasteiger partial charge on any atom is 0.335 e. The van der Waals surface area contributed by atoms with E-state index in [0.29, 0.717) is 11.1 Å². The summed E-state index contributed by atoms with van der Waals surface area (Å²) in [6.45, 7) is -0.199. The molecule has 2 aromatic carbocycles. The molecule has 0 fully saturated rings. The summed E-state index contributed by atoms with van der Waals surface area (Å²) in [5, 5.41) is 28.6. The number of hydrogen-bond donors (Lipinski definition) is 4. The number of aliphatic hydroxyl groups is 1. The molecule has 4 N–H and O–H groups in total. The number of carboxylic acids is 1. The van der Waals surface area contributed by atoms with E-state index in [-0.39, 0.29) is 35.5 Å². The predicted octanol–water partition coefficient (Wildman–Crippen LogP) is 2.16. The van der Waals surface area contributed by atoms with Gasteiger partial charge in [-0.15, -0.1) is 0 Å². The molecular formula is C25H18F3N5O5. The first kappa shape index (κ1) is 24.9. The van der Waals surface area contributed by atoms with Gasteiger partial charge in [0.25, 0.3) is 11.8 Å². The van der Waals surface area contributed by atoms with Gasteiger partial charge in [0.1, 0.15) is 11.4 Å². The van der Waals surface area contributed by atoms with Crippen LogP contribution in [0.15, 0.2) is 48.7 Å². The van der Waals surface area contributed by atoms with Crippen molar-refractivity contribution in [3.8, 4) is 0 Å². The molecule has 0 spiro atoms. The zero-order valence-corrected chi connectivity index (χ0v) is 19.3. The Hall–Kier alpha value is -4.78. The first-order valence-corrected chi connectivity index (χ1v) is 11.2. The van der Waals surface area contributed by atoms with Crippen molar-refractivity contribution in [1.29, 1.82) is 0 Å². The van der Waals surface area contributed by atoms with Gasteiger partial charge in [0.2, 0.25) is 0 Å². The zero-order valence-electron chi connectivity index (χ0n) is 19.3. The molecule has 10 nitrogen and oxygen atoms in total. The quantitative estimate of drug-likeness (QED) is 0.302. The van der Waals surface area contributed by atoms with Gasteiger partial charge in [0.15, 0.2) is 23.1 Å². The highest BCUT2D eigenvalue weighted by molar-refractivity contribution is 5.98. The number of aliphatic hydroxyl groups excluding tert-OH is 1. The van der Waals surface area contributed by atoms with Crippen molar-refractivity contribution in [1.82, 2.24) is 25.2 Å². The molecule has 0 aliphatic heterocycles. The number of fused-ring (bicyclic) bond motifs is 2. The largest absolute Gasteiger partial charge is 0.478 e. The Kier molecular flexibility index (Phi) is 6.28. The Bertz CT molecular complexity index is 1620. The third kappa shape index (κ3) is 4.54. The fraction of sp³-hybridized carbons (Fsp3) is 0.160. The van der Waals surface area contributed by atoms with E-state index in [2.05, 4.69) is 20.7 Å². The minimum absolute atomic E-state index is 0.0322. The Morgan fingerprint density at radius 2 is 1.79 bits per heavy atom. The fourth-order valence-corrected chi connectivity index (χ4v) is 4.30. The third-order valence-electron chi connectivity index (χ3n) is 6.16. The van der Waals surface area contributed by atoms with Crippen LogP contribution in [0.5, 0.6) is 0 Å². The summed E-state index contributed by atoms with van der Waals surface area (Å²) in [5.74, 6) is -5.80. The summed E-state index contributed by atoms with van der Waals surface area (Å²) in [7, 11) is 0. The lowest BCUT2D eigenvalue weighted by Gasteiger charge is -2.18. The Labute approximate surface area is 211 Å². The van der Waals surface area contributed by atoms with E-state index in [1.807, 2.05) is 0 Å². The van der Waals surface area contributed by atoms with Gasteiger partial charge in [-0.25, -0.2) is 27.5 Å². The highest BCUT2D eigenvalue weighted by Gasteiger charge is 2.34. The molecule has 0 saturated heterocycles. The Balaban J connectivity index is 1.41. The van der Waals surface area contributed by atoms with E-state index in [1.165, 1.54) is 24.3 Å². The average molecular weight is 525 g/mol. The van der Waals surface area contributed by atoms with Crippen molar-refractivity contribution >= 4 is 23.4 Å². The smallest absolute Gasteiger partial charge is 0.335 e. The molecule has 0 radical (unpaired) electrons. The van der Waals surface area contributed by atoms with Gasteiger partial charge in [-0.05, 0) is 41.0 Å². The molecule has 13 heteroatoms. The molecule has 0 unspecified atom stereocenters. The van der Waals surface area contributed by atoms with E-state index < -0.39 is 53.0 Å². The van der Waals surface area contributed by atoms with E-state index in [1.54, 1.807) is 0 Å². The maximum atomic E-state index is 14.4. The SMILES string of the molecule is O=C(O)c1ccc2c(c1)C[C@@H](O)[C@@H]2NC(=O)c1cc(C(=O)NCc2ccc(F)c(F)c2)nc2c(F)cnn12. The molecular weight excluding hydrogens is 507 g/mol. The zero-order chi connectivity index (χ0) is 27.1. The molecule has 1 aliphatic rings. The number of hydrogen-bond acceptors (Lipinski definition) is 6. The van der Waals surface area contributed by atoms with Gasteiger partial charge < -0.3 is 20.8 Å². The number of aromatic nitrogens is 3. The summed E-state index contributed by atoms with van der Waals surface area (Å²) in [5.41, 5.74) is 0.329. The predicted molar refractivity (Wildman–Crippen MR) is 124 cm³/mol. The van der Waals surface area contributed by atoms with E-state index >= 15 is 0 Å². The molecule has 2 amide bonds. The number of carboxylic acid groups (broad SMARTS) is 1. The number of carbonyl (C=O) groups excluding carboxylic acids is 2. The molecule has 2 heterocycles. The molecule has 1 aliphatic carbocycles.